The summed E-state index contributed by atoms with van der Waals surface area (Å²) < 4.78 is 76.6. The van der Waals surface area contributed by atoms with E-state index in [1.165, 1.54) is 6.08 Å². The number of urea groups is 1. The Kier molecular flexibility index (Phi) is 4.69. The molecule has 0 fully saturated rings. The third kappa shape index (κ3) is 4.22. The van der Waals surface area contributed by atoms with E-state index in [9.17, 15) is 35.9 Å². The van der Waals surface area contributed by atoms with Gasteiger partial charge in [-0.2, -0.15) is 26.3 Å². The molecule has 0 aromatic heterocycles. The summed E-state index contributed by atoms with van der Waals surface area (Å²) >= 11 is 0. The normalized spacial score (nSPS) is 15.1. The van der Waals surface area contributed by atoms with E-state index in [-0.39, 0.29) is 19.0 Å². The van der Waals surface area contributed by atoms with Gasteiger partial charge >= 0.3 is 24.4 Å². The average Bonchev–Trinajstić information content (AvgIpc) is 2.94. The van der Waals surface area contributed by atoms with E-state index in [2.05, 4.69) is 0 Å². The van der Waals surface area contributed by atoms with E-state index in [0.717, 1.165) is 4.90 Å². The van der Waals surface area contributed by atoms with Gasteiger partial charge in [-0.25, -0.2) is 9.59 Å². The van der Waals surface area contributed by atoms with Crippen LogP contribution in [0.25, 0.3) is 0 Å². The summed E-state index contributed by atoms with van der Waals surface area (Å²) in [5.74, 6) is -1.44. The number of hydrogen-bond donors (Lipinski definition) is 2. The Bertz CT molecular complexity index is 707. The van der Waals surface area contributed by atoms with Crippen molar-refractivity contribution < 1.29 is 41.0 Å². The molecule has 0 saturated heterocycles. The molecule has 2 N–H and O–H groups in total. The monoisotopic (exact) mass is 368 g/mol. The summed E-state index contributed by atoms with van der Waals surface area (Å²) in [7, 11) is 0. The molecule has 0 unspecified atom stereocenters. The van der Waals surface area contributed by atoms with Gasteiger partial charge in [-0.3, -0.25) is 4.90 Å². The van der Waals surface area contributed by atoms with Gasteiger partial charge in [0, 0.05) is 12.2 Å². The SMILES string of the molecule is O=C(O)C1=CCCN1C(=O)Nc1cc(C(F)(F)F)cc(C(F)(F)F)c1. The number of anilines is 1. The number of nitrogens with one attached hydrogen (secondary N) is 1. The average molecular weight is 368 g/mol. The maximum Gasteiger partial charge on any atom is 0.416 e. The number of aliphatic carboxylic acids is 1. The molecule has 2 amide bonds. The second-order valence-electron chi connectivity index (χ2n) is 5.06. The molecule has 0 spiro atoms. The molecule has 136 valence electrons. The maximum absolute atomic E-state index is 12.8. The zero-order valence-corrected chi connectivity index (χ0v) is 12.2. The number of nitrogens with zero attached hydrogens (tertiary/aromatic N) is 1. The van der Waals surface area contributed by atoms with Crippen molar-refractivity contribution in [1.29, 1.82) is 0 Å². The first-order valence-electron chi connectivity index (χ1n) is 6.71. The smallest absolute Gasteiger partial charge is 0.416 e. The molecule has 1 aromatic rings. The maximum atomic E-state index is 12.8. The number of alkyl halides is 6. The quantitative estimate of drug-likeness (QED) is 0.778. The first-order valence-corrected chi connectivity index (χ1v) is 6.71. The van der Waals surface area contributed by atoms with E-state index in [0.29, 0.717) is 12.1 Å². The van der Waals surface area contributed by atoms with Crippen LogP contribution in [0.2, 0.25) is 0 Å². The second-order valence-corrected chi connectivity index (χ2v) is 5.06. The zero-order valence-electron chi connectivity index (χ0n) is 12.2. The lowest BCUT2D eigenvalue weighted by Crippen LogP contribution is -2.34. The topological polar surface area (TPSA) is 69.6 Å². The highest BCUT2D eigenvalue weighted by Crippen LogP contribution is 2.37. The van der Waals surface area contributed by atoms with Crippen LogP contribution in [0.3, 0.4) is 0 Å². The van der Waals surface area contributed by atoms with Gasteiger partial charge in [-0.15, -0.1) is 0 Å². The van der Waals surface area contributed by atoms with Crippen molar-refractivity contribution in [2.24, 2.45) is 0 Å². The molecule has 0 saturated carbocycles. The molecule has 1 aliphatic heterocycles. The van der Waals surface area contributed by atoms with Crippen molar-refractivity contribution in [3.8, 4) is 0 Å². The highest BCUT2D eigenvalue weighted by Gasteiger charge is 2.37. The van der Waals surface area contributed by atoms with Gasteiger partial charge in [-0.1, -0.05) is 6.08 Å². The number of rotatable bonds is 2. The highest BCUT2D eigenvalue weighted by molar-refractivity contribution is 5.98. The minimum atomic E-state index is -5.06. The summed E-state index contributed by atoms with van der Waals surface area (Å²) in [6, 6.07) is -0.534. The minimum absolute atomic E-state index is 0.0570. The number of benzene rings is 1. The molecule has 1 heterocycles. The molecule has 0 bridgehead atoms. The molecular formula is C14H10F6N2O3. The fraction of sp³-hybridized carbons (Fsp3) is 0.286. The number of carboxylic acids is 1. The summed E-state index contributed by atoms with van der Waals surface area (Å²) in [4.78, 5) is 23.7. The van der Waals surface area contributed by atoms with Gasteiger partial charge in [0.1, 0.15) is 5.70 Å². The van der Waals surface area contributed by atoms with Crippen molar-refractivity contribution in [3.05, 3.63) is 41.1 Å². The lowest BCUT2D eigenvalue weighted by atomic mass is 10.1. The Morgan fingerprint density at radius 3 is 1.96 bits per heavy atom. The van der Waals surface area contributed by atoms with Gasteiger partial charge in [0.25, 0.3) is 0 Å². The van der Waals surface area contributed by atoms with Crippen molar-refractivity contribution >= 4 is 17.7 Å². The van der Waals surface area contributed by atoms with Crippen LogP contribution >= 0.6 is 0 Å². The summed E-state index contributed by atoms with van der Waals surface area (Å²) in [5, 5.41) is 10.8. The van der Waals surface area contributed by atoms with Crippen LogP contribution in [0.15, 0.2) is 30.0 Å². The fourth-order valence-corrected chi connectivity index (χ4v) is 2.19. The van der Waals surface area contributed by atoms with Gasteiger partial charge in [0.15, 0.2) is 0 Å². The standard InChI is InChI=1S/C14H10F6N2O3/c15-13(16,17)7-4-8(14(18,19)20)6-9(5-7)21-12(25)22-3-1-2-10(22)11(23)24/h2,4-6H,1,3H2,(H,21,25)(H,23,24). The van der Waals surface area contributed by atoms with Crippen molar-refractivity contribution in [2.75, 3.05) is 11.9 Å². The number of carboxylic acid groups (broad SMARTS) is 1. The Balaban J connectivity index is 2.34. The molecule has 1 aliphatic rings. The molecule has 0 aliphatic carbocycles. The molecular weight excluding hydrogens is 358 g/mol. The van der Waals surface area contributed by atoms with Crippen LogP contribution in [0, 0.1) is 0 Å². The summed E-state index contributed by atoms with van der Waals surface area (Å²) in [6.45, 7) is -0.0570. The molecule has 2 rings (SSSR count). The predicted octanol–water partition coefficient (Wildman–Crippen LogP) is 3.93. The lowest BCUT2D eigenvalue weighted by molar-refractivity contribution is -0.143. The third-order valence-corrected chi connectivity index (χ3v) is 3.28. The number of carbonyl (C=O) groups is 2. The van der Waals surface area contributed by atoms with Gasteiger partial charge in [-0.05, 0) is 24.6 Å². The number of amides is 2. The van der Waals surface area contributed by atoms with Gasteiger partial charge in [0.05, 0.1) is 11.1 Å². The predicted molar refractivity (Wildman–Crippen MR) is 72.5 cm³/mol. The lowest BCUT2D eigenvalue weighted by Gasteiger charge is -2.20. The Morgan fingerprint density at radius 1 is 1.00 bits per heavy atom. The van der Waals surface area contributed by atoms with Crippen LogP contribution in [-0.4, -0.2) is 28.6 Å². The van der Waals surface area contributed by atoms with E-state index in [4.69, 9.17) is 5.11 Å². The largest absolute Gasteiger partial charge is 0.477 e. The molecule has 11 heteroatoms. The first kappa shape index (κ1) is 18.6. The van der Waals surface area contributed by atoms with Crippen molar-refractivity contribution in [1.82, 2.24) is 4.90 Å². The van der Waals surface area contributed by atoms with E-state index in [1.54, 1.807) is 0 Å². The Hall–Kier alpha value is -2.72. The molecule has 0 radical (unpaired) electrons. The van der Waals surface area contributed by atoms with Crippen LogP contribution in [-0.2, 0) is 17.1 Å². The summed E-state index contributed by atoms with van der Waals surface area (Å²) in [5.41, 5.74) is -4.33. The molecule has 1 aromatic carbocycles. The van der Waals surface area contributed by atoms with Crippen molar-refractivity contribution in [3.63, 3.8) is 0 Å². The minimum Gasteiger partial charge on any atom is -0.477 e. The highest BCUT2D eigenvalue weighted by atomic mass is 19.4. The molecule has 5 nitrogen and oxygen atoms in total. The zero-order chi connectivity index (χ0) is 19.0. The van der Waals surface area contributed by atoms with Crippen LogP contribution in [0.5, 0.6) is 0 Å². The first-order chi connectivity index (χ1) is 11.4. The number of halogens is 6. The van der Waals surface area contributed by atoms with Gasteiger partial charge in [0.2, 0.25) is 0 Å². The second kappa shape index (κ2) is 6.30. The van der Waals surface area contributed by atoms with Crippen LogP contribution in [0.1, 0.15) is 17.5 Å². The van der Waals surface area contributed by atoms with E-state index >= 15 is 0 Å². The van der Waals surface area contributed by atoms with Crippen molar-refractivity contribution in [2.45, 2.75) is 18.8 Å². The molecule has 0 atom stereocenters. The van der Waals surface area contributed by atoms with Gasteiger partial charge < -0.3 is 10.4 Å². The van der Waals surface area contributed by atoms with Crippen LogP contribution < -0.4 is 5.32 Å². The number of hydrogen-bond acceptors (Lipinski definition) is 2. The summed E-state index contributed by atoms with van der Waals surface area (Å²) in [6.07, 6.45) is -8.69. The molecule has 25 heavy (non-hydrogen) atoms. The Labute approximate surface area is 136 Å². The third-order valence-electron chi connectivity index (χ3n) is 3.28. The Morgan fingerprint density at radius 2 is 1.52 bits per heavy atom. The van der Waals surface area contributed by atoms with E-state index < -0.39 is 46.9 Å². The van der Waals surface area contributed by atoms with Crippen LogP contribution in [0.4, 0.5) is 36.8 Å². The van der Waals surface area contributed by atoms with E-state index in [1.807, 2.05) is 5.32 Å². The number of carbonyl (C=O) groups excluding carboxylic acids is 1. The fourth-order valence-electron chi connectivity index (χ4n) is 2.19.